The molecule has 2 rings (SSSR count). The number of hydrogen-bond donors (Lipinski definition) is 2. The van der Waals surface area contributed by atoms with E-state index in [4.69, 9.17) is 10.5 Å². The summed E-state index contributed by atoms with van der Waals surface area (Å²) in [6.07, 6.45) is 1.41. The molecule has 1 unspecified atom stereocenters. The van der Waals surface area contributed by atoms with E-state index in [0.717, 1.165) is 30.9 Å². The highest BCUT2D eigenvalue weighted by Gasteiger charge is 2.15. The maximum absolute atomic E-state index is 5.71. The molecule has 1 heterocycles. The summed E-state index contributed by atoms with van der Waals surface area (Å²) in [4.78, 5) is 0. The average molecular weight is 178 g/mol. The molecule has 1 saturated heterocycles. The lowest BCUT2D eigenvalue weighted by atomic mass is 10.3. The van der Waals surface area contributed by atoms with E-state index >= 15 is 0 Å². The maximum atomic E-state index is 5.71. The molecule has 0 saturated carbocycles. The molecule has 0 radical (unpaired) electrons. The Bertz CT molecular complexity index is 265. The molecule has 0 bridgehead atoms. The predicted octanol–water partition coefficient (Wildman–Crippen LogP) is 1.01. The third kappa shape index (κ3) is 2.12. The lowest BCUT2D eigenvalue weighted by Crippen LogP contribution is -2.19. The quantitative estimate of drug-likeness (QED) is 0.664. The van der Waals surface area contributed by atoms with Crippen molar-refractivity contribution in [2.45, 2.75) is 12.5 Å². The summed E-state index contributed by atoms with van der Waals surface area (Å²) in [5, 5.41) is 3.25. The minimum Gasteiger partial charge on any atom is -0.489 e. The first-order valence-electron chi connectivity index (χ1n) is 4.57. The summed E-state index contributed by atoms with van der Waals surface area (Å²) >= 11 is 0. The van der Waals surface area contributed by atoms with Crippen molar-refractivity contribution in [1.29, 1.82) is 0 Å². The highest BCUT2D eigenvalue weighted by molar-refractivity contribution is 5.41. The Morgan fingerprint density at radius 3 is 2.69 bits per heavy atom. The predicted molar refractivity (Wildman–Crippen MR) is 52.8 cm³/mol. The van der Waals surface area contributed by atoms with Crippen molar-refractivity contribution in [3.63, 3.8) is 0 Å². The molecule has 3 N–H and O–H groups in total. The van der Waals surface area contributed by atoms with Gasteiger partial charge in [0.15, 0.2) is 0 Å². The lowest BCUT2D eigenvalue weighted by Gasteiger charge is -2.11. The minimum absolute atomic E-state index is 0.323. The van der Waals surface area contributed by atoms with Crippen LogP contribution >= 0.6 is 0 Å². The van der Waals surface area contributed by atoms with Crippen LogP contribution in [0, 0.1) is 0 Å². The standard InChI is InChI=1S/C10H14N2O/c11-8-1-3-9(4-2-8)13-10-5-6-12-7-10/h1-4,10,12H,5-7,11H2. The Kier molecular flexibility index (Phi) is 2.36. The molecule has 1 aromatic rings. The van der Waals surface area contributed by atoms with Gasteiger partial charge in [-0.25, -0.2) is 0 Å². The summed E-state index contributed by atoms with van der Waals surface area (Å²) in [7, 11) is 0. The topological polar surface area (TPSA) is 47.3 Å². The van der Waals surface area contributed by atoms with Crippen LogP contribution in [0.25, 0.3) is 0 Å². The van der Waals surface area contributed by atoms with E-state index in [1.54, 1.807) is 0 Å². The number of benzene rings is 1. The molecule has 0 aliphatic carbocycles. The monoisotopic (exact) mass is 178 g/mol. The highest BCUT2D eigenvalue weighted by atomic mass is 16.5. The second-order valence-corrected chi connectivity index (χ2v) is 3.30. The SMILES string of the molecule is Nc1ccc(OC2CCNC2)cc1. The van der Waals surface area contributed by atoms with Crippen molar-refractivity contribution in [3.05, 3.63) is 24.3 Å². The van der Waals surface area contributed by atoms with Crippen LogP contribution in [0.15, 0.2) is 24.3 Å². The summed E-state index contributed by atoms with van der Waals surface area (Å²) in [5.41, 5.74) is 6.34. The van der Waals surface area contributed by atoms with E-state index in [1.165, 1.54) is 0 Å². The van der Waals surface area contributed by atoms with Gasteiger partial charge in [0.1, 0.15) is 11.9 Å². The van der Waals surface area contributed by atoms with Gasteiger partial charge in [-0.2, -0.15) is 0 Å². The molecular weight excluding hydrogens is 164 g/mol. The zero-order valence-corrected chi connectivity index (χ0v) is 7.49. The molecule has 1 aliphatic heterocycles. The van der Waals surface area contributed by atoms with Crippen molar-refractivity contribution >= 4 is 5.69 Å². The van der Waals surface area contributed by atoms with Gasteiger partial charge in [-0.1, -0.05) is 0 Å². The van der Waals surface area contributed by atoms with E-state index in [9.17, 15) is 0 Å². The zero-order chi connectivity index (χ0) is 9.10. The molecule has 70 valence electrons. The van der Waals surface area contributed by atoms with Gasteiger partial charge < -0.3 is 15.8 Å². The molecule has 13 heavy (non-hydrogen) atoms. The van der Waals surface area contributed by atoms with E-state index in [0.29, 0.717) is 6.10 Å². The third-order valence-corrected chi connectivity index (χ3v) is 2.20. The largest absolute Gasteiger partial charge is 0.489 e. The number of nitrogens with one attached hydrogen (secondary N) is 1. The fourth-order valence-corrected chi connectivity index (χ4v) is 1.47. The van der Waals surface area contributed by atoms with E-state index < -0.39 is 0 Å². The van der Waals surface area contributed by atoms with Crippen LogP contribution in [0.2, 0.25) is 0 Å². The molecule has 1 fully saturated rings. The van der Waals surface area contributed by atoms with Crippen LogP contribution in [0.1, 0.15) is 6.42 Å². The molecule has 0 amide bonds. The number of anilines is 1. The van der Waals surface area contributed by atoms with E-state index in [2.05, 4.69) is 5.32 Å². The lowest BCUT2D eigenvalue weighted by molar-refractivity contribution is 0.223. The number of nitrogens with two attached hydrogens (primary N) is 1. The first-order valence-corrected chi connectivity index (χ1v) is 4.57. The number of nitrogen functional groups attached to an aromatic ring is 1. The van der Waals surface area contributed by atoms with Gasteiger partial charge in [0.25, 0.3) is 0 Å². The highest BCUT2D eigenvalue weighted by Crippen LogP contribution is 2.16. The second-order valence-electron chi connectivity index (χ2n) is 3.30. The number of hydrogen-bond acceptors (Lipinski definition) is 3. The van der Waals surface area contributed by atoms with Crippen molar-refractivity contribution in [3.8, 4) is 5.75 Å². The third-order valence-electron chi connectivity index (χ3n) is 2.20. The van der Waals surface area contributed by atoms with E-state index in [1.807, 2.05) is 24.3 Å². The van der Waals surface area contributed by atoms with Crippen LogP contribution < -0.4 is 15.8 Å². The number of ether oxygens (including phenoxy) is 1. The first kappa shape index (κ1) is 8.38. The molecule has 1 aromatic carbocycles. The zero-order valence-electron chi connectivity index (χ0n) is 7.49. The van der Waals surface area contributed by atoms with Crippen molar-refractivity contribution in [2.75, 3.05) is 18.8 Å². The Labute approximate surface area is 77.9 Å². The smallest absolute Gasteiger partial charge is 0.119 e. The Morgan fingerprint density at radius 2 is 2.08 bits per heavy atom. The molecule has 1 aliphatic rings. The Hall–Kier alpha value is -1.22. The molecule has 3 nitrogen and oxygen atoms in total. The maximum Gasteiger partial charge on any atom is 0.119 e. The Morgan fingerprint density at radius 1 is 1.31 bits per heavy atom. The van der Waals surface area contributed by atoms with Crippen molar-refractivity contribution < 1.29 is 4.74 Å². The fourth-order valence-electron chi connectivity index (χ4n) is 1.47. The summed E-state index contributed by atoms with van der Waals surface area (Å²) in [6.45, 7) is 2.00. The van der Waals surface area contributed by atoms with Crippen LogP contribution in [-0.2, 0) is 0 Å². The van der Waals surface area contributed by atoms with Gasteiger partial charge in [-0.15, -0.1) is 0 Å². The Balaban J connectivity index is 1.97. The molecular formula is C10H14N2O. The first-order chi connectivity index (χ1) is 6.34. The van der Waals surface area contributed by atoms with Gasteiger partial charge in [0.05, 0.1) is 0 Å². The van der Waals surface area contributed by atoms with Crippen molar-refractivity contribution in [1.82, 2.24) is 5.32 Å². The summed E-state index contributed by atoms with van der Waals surface area (Å²) in [6, 6.07) is 7.54. The van der Waals surface area contributed by atoms with Crippen LogP contribution in [-0.4, -0.2) is 19.2 Å². The minimum atomic E-state index is 0.323. The van der Waals surface area contributed by atoms with Gasteiger partial charge in [0, 0.05) is 12.2 Å². The molecule has 0 spiro atoms. The van der Waals surface area contributed by atoms with Crippen LogP contribution in [0.3, 0.4) is 0 Å². The van der Waals surface area contributed by atoms with Crippen LogP contribution in [0.5, 0.6) is 5.75 Å². The van der Waals surface area contributed by atoms with E-state index in [-0.39, 0.29) is 0 Å². The van der Waals surface area contributed by atoms with Gasteiger partial charge in [0.2, 0.25) is 0 Å². The second kappa shape index (κ2) is 3.66. The van der Waals surface area contributed by atoms with Crippen LogP contribution in [0.4, 0.5) is 5.69 Å². The molecule has 0 aromatic heterocycles. The average Bonchev–Trinajstić information content (AvgIpc) is 2.62. The van der Waals surface area contributed by atoms with Gasteiger partial charge in [-0.05, 0) is 37.2 Å². The summed E-state index contributed by atoms with van der Waals surface area (Å²) < 4.78 is 5.71. The summed E-state index contributed by atoms with van der Waals surface area (Å²) in [5.74, 6) is 0.905. The fraction of sp³-hybridized carbons (Fsp3) is 0.400. The molecule has 3 heteroatoms. The van der Waals surface area contributed by atoms with Gasteiger partial charge >= 0.3 is 0 Å². The van der Waals surface area contributed by atoms with Crippen molar-refractivity contribution in [2.24, 2.45) is 0 Å². The molecule has 1 atom stereocenters. The van der Waals surface area contributed by atoms with Gasteiger partial charge in [-0.3, -0.25) is 0 Å². The normalized spacial score (nSPS) is 21.7. The number of rotatable bonds is 2.